The number of fused-ring (bicyclic) bond motifs is 1. The smallest absolute Gasteiger partial charge is 0.202 e. The third-order valence-electron chi connectivity index (χ3n) is 2.99. The number of benzene rings is 2. The van der Waals surface area contributed by atoms with E-state index in [4.69, 9.17) is 0 Å². The molecular weight excluding hydrogens is 395 g/mol. The van der Waals surface area contributed by atoms with E-state index < -0.39 is 0 Å². The van der Waals surface area contributed by atoms with E-state index in [9.17, 15) is 0 Å². The van der Waals surface area contributed by atoms with Crippen molar-refractivity contribution >= 4 is 62.0 Å². The number of para-hydroxylation sites is 1. The van der Waals surface area contributed by atoms with E-state index in [2.05, 4.69) is 38.9 Å². The fourth-order valence-electron chi connectivity index (χ4n) is 1.89. The fraction of sp³-hybridized carbons (Fsp3) is 0.133. The summed E-state index contributed by atoms with van der Waals surface area (Å²) in [4.78, 5) is 6.58. The molecule has 0 atom stereocenters. The lowest BCUT2D eigenvalue weighted by atomic mass is 10.3. The van der Waals surface area contributed by atoms with Crippen molar-refractivity contribution in [2.45, 2.75) is 0 Å². The molecule has 3 aromatic rings. The van der Waals surface area contributed by atoms with Crippen molar-refractivity contribution in [3.05, 3.63) is 48.5 Å². The van der Waals surface area contributed by atoms with E-state index in [0.29, 0.717) is 0 Å². The maximum Gasteiger partial charge on any atom is 0.202 e. The largest absolute Gasteiger partial charge is 0.378 e. The number of anilines is 3. The average molecular weight is 412 g/mol. The van der Waals surface area contributed by atoms with Crippen molar-refractivity contribution < 1.29 is 0 Å². The second-order valence-corrected chi connectivity index (χ2v) is 5.71. The molecule has 0 fully saturated rings. The SMILES string of the molecule is CN(C)c1ccc(NNc2nc3ccccc3s2)cc1.I. The van der Waals surface area contributed by atoms with E-state index in [-0.39, 0.29) is 24.0 Å². The van der Waals surface area contributed by atoms with Crippen LogP contribution in [0.3, 0.4) is 0 Å². The van der Waals surface area contributed by atoms with E-state index in [1.807, 2.05) is 44.4 Å². The Labute approximate surface area is 145 Å². The Morgan fingerprint density at radius 2 is 1.67 bits per heavy atom. The Balaban J connectivity index is 0.00000161. The molecule has 0 radical (unpaired) electrons. The van der Waals surface area contributed by atoms with Crippen molar-refractivity contribution in [3.63, 3.8) is 0 Å². The van der Waals surface area contributed by atoms with E-state index in [1.54, 1.807) is 11.3 Å². The van der Waals surface area contributed by atoms with Crippen LogP contribution in [0, 0.1) is 0 Å². The Bertz CT molecular complexity index is 676. The second-order valence-electron chi connectivity index (χ2n) is 4.68. The van der Waals surface area contributed by atoms with Gasteiger partial charge < -0.3 is 4.90 Å². The number of halogens is 1. The monoisotopic (exact) mass is 412 g/mol. The summed E-state index contributed by atoms with van der Waals surface area (Å²) < 4.78 is 1.18. The standard InChI is InChI=1S/C15H16N4S.HI/c1-19(2)12-9-7-11(8-10-12)17-18-15-16-13-5-3-4-6-14(13)20-15;/h3-10,17H,1-2H3,(H,16,18);1H. The summed E-state index contributed by atoms with van der Waals surface area (Å²) >= 11 is 1.63. The van der Waals surface area contributed by atoms with Crippen LogP contribution in [0.25, 0.3) is 10.2 Å². The maximum absolute atomic E-state index is 4.51. The minimum absolute atomic E-state index is 0. The quantitative estimate of drug-likeness (QED) is 0.492. The second kappa shape index (κ2) is 6.95. The minimum atomic E-state index is 0. The van der Waals surface area contributed by atoms with Gasteiger partial charge in [0.25, 0.3) is 0 Å². The van der Waals surface area contributed by atoms with Crippen LogP contribution in [0.15, 0.2) is 48.5 Å². The van der Waals surface area contributed by atoms with Gasteiger partial charge in [-0.05, 0) is 36.4 Å². The first-order valence-corrected chi connectivity index (χ1v) is 7.19. The van der Waals surface area contributed by atoms with Crippen molar-refractivity contribution in [1.29, 1.82) is 0 Å². The number of hydrazine groups is 1. The lowest BCUT2D eigenvalue weighted by molar-refractivity contribution is 1.13. The first kappa shape index (κ1) is 15.8. The molecule has 2 N–H and O–H groups in total. The highest BCUT2D eigenvalue weighted by Gasteiger charge is 2.02. The Kier molecular flexibility index (Phi) is 5.24. The van der Waals surface area contributed by atoms with Gasteiger partial charge in [-0.3, -0.25) is 10.9 Å². The summed E-state index contributed by atoms with van der Waals surface area (Å²) in [7, 11) is 4.06. The lowest BCUT2D eigenvalue weighted by Gasteiger charge is -2.13. The number of thiazole rings is 1. The van der Waals surface area contributed by atoms with Crippen molar-refractivity contribution in [2.75, 3.05) is 29.8 Å². The zero-order valence-electron chi connectivity index (χ0n) is 11.8. The van der Waals surface area contributed by atoms with Gasteiger partial charge in [-0.2, -0.15) is 0 Å². The molecule has 0 aliphatic rings. The number of nitrogens with zero attached hydrogens (tertiary/aromatic N) is 2. The van der Waals surface area contributed by atoms with Crippen LogP contribution >= 0.6 is 35.3 Å². The van der Waals surface area contributed by atoms with Crippen molar-refractivity contribution in [1.82, 2.24) is 4.98 Å². The highest BCUT2D eigenvalue weighted by molar-refractivity contribution is 14.0. The third-order valence-corrected chi connectivity index (χ3v) is 3.94. The summed E-state index contributed by atoms with van der Waals surface area (Å²) in [6.07, 6.45) is 0. The van der Waals surface area contributed by atoms with Crippen molar-refractivity contribution in [2.24, 2.45) is 0 Å². The maximum atomic E-state index is 4.51. The molecule has 0 aliphatic carbocycles. The molecule has 3 rings (SSSR count). The van der Waals surface area contributed by atoms with Gasteiger partial charge in [-0.15, -0.1) is 24.0 Å². The van der Waals surface area contributed by atoms with Gasteiger partial charge in [-0.25, -0.2) is 4.98 Å². The fourth-order valence-corrected chi connectivity index (χ4v) is 2.71. The lowest BCUT2D eigenvalue weighted by Crippen LogP contribution is -2.10. The number of aromatic nitrogens is 1. The predicted octanol–water partition coefficient (Wildman–Crippen LogP) is 4.42. The van der Waals surface area contributed by atoms with Crippen molar-refractivity contribution in [3.8, 4) is 0 Å². The molecule has 0 saturated carbocycles. The minimum Gasteiger partial charge on any atom is -0.378 e. The van der Waals surface area contributed by atoms with E-state index >= 15 is 0 Å². The van der Waals surface area contributed by atoms with Crippen LogP contribution in [0.1, 0.15) is 0 Å². The van der Waals surface area contributed by atoms with Crippen LogP contribution in [0.2, 0.25) is 0 Å². The molecular formula is C15H17IN4S. The molecule has 0 spiro atoms. The van der Waals surface area contributed by atoms with Gasteiger partial charge in [0.15, 0.2) is 0 Å². The van der Waals surface area contributed by atoms with Crippen LogP contribution < -0.4 is 15.8 Å². The zero-order valence-corrected chi connectivity index (χ0v) is 15.0. The van der Waals surface area contributed by atoms with Crippen LogP contribution in [-0.2, 0) is 0 Å². The van der Waals surface area contributed by atoms with Gasteiger partial charge in [0.2, 0.25) is 5.13 Å². The third kappa shape index (κ3) is 3.76. The first-order valence-electron chi connectivity index (χ1n) is 6.37. The normalized spacial score (nSPS) is 10.0. The molecule has 0 unspecified atom stereocenters. The topological polar surface area (TPSA) is 40.2 Å². The molecule has 2 aromatic carbocycles. The molecule has 110 valence electrons. The molecule has 1 heterocycles. The molecule has 4 nitrogen and oxygen atoms in total. The van der Waals surface area contributed by atoms with Crippen LogP contribution in [-0.4, -0.2) is 19.1 Å². The predicted molar refractivity (Wildman–Crippen MR) is 103 cm³/mol. The summed E-state index contributed by atoms with van der Waals surface area (Å²) in [5.41, 5.74) is 9.51. The first-order chi connectivity index (χ1) is 9.72. The van der Waals surface area contributed by atoms with Gasteiger partial charge >= 0.3 is 0 Å². The Morgan fingerprint density at radius 1 is 0.952 bits per heavy atom. The Hall–Kier alpha value is -1.54. The number of hydrogen-bond donors (Lipinski definition) is 2. The average Bonchev–Trinajstić information content (AvgIpc) is 2.88. The van der Waals surface area contributed by atoms with Crippen LogP contribution in [0.5, 0.6) is 0 Å². The van der Waals surface area contributed by atoms with E-state index in [1.165, 1.54) is 10.4 Å². The molecule has 0 saturated heterocycles. The molecule has 0 bridgehead atoms. The van der Waals surface area contributed by atoms with Gasteiger partial charge in [0.1, 0.15) is 0 Å². The molecule has 6 heteroatoms. The number of nitrogens with one attached hydrogen (secondary N) is 2. The number of hydrogen-bond acceptors (Lipinski definition) is 5. The zero-order chi connectivity index (χ0) is 13.9. The van der Waals surface area contributed by atoms with Gasteiger partial charge in [0.05, 0.1) is 15.9 Å². The summed E-state index contributed by atoms with van der Waals surface area (Å²) in [6, 6.07) is 16.3. The summed E-state index contributed by atoms with van der Waals surface area (Å²) in [6.45, 7) is 0. The highest BCUT2D eigenvalue weighted by atomic mass is 127. The molecule has 0 aliphatic heterocycles. The molecule has 0 amide bonds. The highest BCUT2D eigenvalue weighted by Crippen LogP contribution is 2.25. The summed E-state index contributed by atoms with van der Waals surface area (Å²) in [5.74, 6) is 0. The van der Waals surface area contributed by atoms with Gasteiger partial charge in [0, 0.05) is 19.8 Å². The van der Waals surface area contributed by atoms with E-state index in [0.717, 1.165) is 16.3 Å². The van der Waals surface area contributed by atoms with Crippen LogP contribution in [0.4, 0.5) is 16.5 Å². The van der Waals surface area contributed by atoms with Gasteiger partial charge in [-0.1, -0.05) is 23.5 Å². The number of rotatable bonds is 4. The summed E-state index contributed by atoms with van der Waals surface area (Å²) in [5, 5.41) is 0.864. The molecule has 1 aromatic heterocycles. The Morgan fingerprint density at radius 3 is 2.33 bits per heavy atom. The molecule has 21 heavy (non-hydrogen) atoms.